The SMILES string of the molecule is CC(C)S(=O)(=O)C(C)C(=O)Nc1ccc2nc(C3CCC3)[nH]c2c1. The van der Waals surface area contributed by atoms with Crippen LogP contribution in [0.4, 0.5) is 5.69 Å². The smallest absolute Gasteiger partial charge is 0.242 e. The number of nitrogens with zero attached hydrogens (tertiary/aromatic N) is 1. The maximum Gasteiger partial charge on any atom is 0.242 e. The molecule has 0 aliphatic heterocycles. The largest absolute Gasteiger partial charge is 0.342 e. The van der Waals surface area contributed by atoms with Gasteiger partial charge < -0.3 is 10.3 Å². The van der Waals surface area contributed by atoms with Crippen LogP contribution in [0, 0.1) is 0 Å². The van der Waals surface area contributed by atoms with E-state index in [0.717, 1.165) is 29.7 Å². The van der Waals surface area contributed by atoms with Crippen molar-refractivity contribution < 1.29 is 13.2 Å². The Kier molecular flexibility index (Phi) is 4.38. The highest BCUT2D eigenvalue weighted by Crippen LogP contribution is 2.35. The van der Waals surface area contributed by atoms with E-state index in [1.807, 2.05) is 6.07 Å². The van der Waals surface area contributed by atoms with Gasteiger partial charge in [-0.1, -0.05) is 6.42 Å². The van der Waals surface area contributed by atoms with E-state index in [4.69, 9.17) is 0 Å². The Balaban J connectivity index is 1.78. The minimum Gasteiger partial charge on any atom is -0.342 e. The van der Waals surface area contributed by atoms with Crippen molar-refractivity contribution in [2.75, 3.05) is 5.32 Å². The number of fused-ring (bicyclic) bond motifs is 1. The summed E-state index contributed by atoms with van der Waals surface area (Å²) in [7, 11) is -3.47. The highest BCUT2D eigenvalue weighted by atomic mass is 32.2. The third kappa shape index (κ3) is 3.05. The van der Waals surface area contributed by atoms with Gasteiger partial charge in [-0.25, -0.2) is 13.4 Å². The molecule has 0 spiro atoms. The molecule has 0 bridgehead atoms. The van der Waals surface area contributed by atoms with Crippen molar-refractivity contribution in [1.82, 2.24) is 9.97 Å². The summed E-state index contributed by atoms with van der Waals surface area (Å²) in [6.07, 6.45) is 3.56. The molecule has 1 aliphatic carbocycles. The number of amides is 1. The van der Waals surface area contributed by atoms with Crippen LogP contribution < -0.4 is 5.32 Å². The second-order valence-electron chi connectivity index (χ2n) is 6.75. The van der Waals surface area contributed by atoms with Crippen LogP contribution in [0.3, 0.4) is 0 Å². The van der Waals surface area contributed by atoms with Crippen molar-refractivity contribution in [1.29, 1.82) is 0 Å². The Morgan fingerprint density at radius 3 is 2.58 bits per heavy atom. The molecule has 1 atom stereocenters. The lowest BCUT2D eigenvalue weighted by atomic mass is 9.85. The van der Waals surface area contributed by atoms with E-state index in [2.05, 4.69) is 15.3 Å². The summed E-state index contributed by atoms with van der Waals surface area (Å²) in [5.41, 5.74) is 2.29. The number of carbonyl (C=O) groups excluding carboxylic acids is 1. The van der Waals surface area contributed by atoms with Crippen LogP contribution in [0.2, 0.25) is 0 Å². The van der Waals surface area contributed by atoms with Crippen molar-refractivity contribution in [2.24, 2.45) is 0 Å². The fourth-order valence-corrected chi connectivity index (χ4v) is 3.96. The second-order valence-corrected chi connectivity index (χ2v) is 9.58. The number of anilines is 1. The van der Waals surface area contributed by atoms with Crippen LogP contribution in [0.25, 0.3) is 11.0 Å². The molecule has 0 radical (unpaired) electrons. The zero-order chi connectivity index (χ0) is 17.5. The van der Waals surface area contributed by atoms with Crippen LogP contribution in [0.1, 0.15) is 51.8 Å². The monoisotopic (exact) mass is 349 g/mol. The number of imidazole rings is 1. The molecule has 1 fully saturated rings. The van der Waals surface area contributed by atoms with E-state index < -0.39 is 26.2 Å². The van der Waals surface area contributed by atoms with Gasteiger partial charge in [-0.05, 0) is 51.8 Å². The topological polar surface area (TPSA) is 91.9 Å². The molecule has 1 saturated carbocycles. The molecule has 0 saturated heterocycles. The third-order valence-corrected chi connectivity index (χ3v) is 7.29. The Bertz CT molecular complexity index is 866. The lowest BCUT2D eigenvalue weighted by molar-refractivity contribution is -0.115. The van der Waals surface area contributed by atoms with Gasteiger partial charge in [0.1, 0.15) is 11.1 Å². The van der Waals surface area contributed by atoms with Crippen LogP contribution in [-0.2, 0) is 14.6 Å². The fourth-order valence-electron chi connectivity index (χ4n) is 2.78. The van der Waals surface area contributed by atoms with Gasteiger partial charge in [-0.15, -0.1) is 0 Å². The van der Waals surface area contributed by atoms with Gasteiger partial charge in [-0.2, -0.15) is 0 Å². The van der Waals surface area contributed by atoms with E-state index in [1.165, 1.54) is 13.3 Å². The van der Waals surface area contributed by atoms with Gasteiger partial charge in [-0.3, -0.25) is 4.79 Å². The number of hydrogen-bond acceptors (Lipinski definition) is 4. The standard InChI is InChI=1S/C17H23N3O3S/c1-10(2)24(22,23)11(3)17(21)18-13-7-8-14-15(9-13)20-16(19-14)12-5-4-6-12/h7-12H,4-6H2,1-3H3,(H,18,21)(H,19,20). The number of H-pyrrole nitrogens is 1. The molecule has 2 N–H and O–H groups in total. The highest BCUT2D eigenvalue weighted by molar-refractivity contribution is 7.93. The molecular weight excluding hydrogens is 326 g/mol. The Morgan fingerprint density at radius 2 is 2.00 bits per heavy atom. The van der Waals surface area contributed by atoms with Crippen molar-refractivity contribution in [3.05, 3.63) is 24.0 Å². The predicted molar refractivity (Wildman–Crippen MR) is 94.8 cm³/mol. The van der Waals surface area contributed by atoms with Crippen molar-refractivity contribution in [2.45, 2.75) is 56.5 Å². The third-order valence-electron chi connectivity index (χ3n) is 4.78. The number of nitrogens with one attached hydrogen (secondary N) is 2. The van der Waals surface area contributed by atoms with Crippen molar-refractivity contribution in [3.8, 4) is 0 Å². The maximum atomic E-state index is 12.3. The first kappa shape index (κ1) is 17.0. The number of benzene rings is 1. The zero-order valence-corrected chi connectivity index (χ0v) is 15.0. The fraction of sp³-hybridized carbons (Fsp3) is 0.529. The molecule has 1 aromatic heterocycles. The summed E-state index contributed by atoms with van der Waals surface area (Å²) in [4.78, 5) is 20.1. The minimum atomic E-state index is -3.47. The minimum absolute atomic E-state index is 0.506. The molecule has 7 heteroatoms. The lowest BCUT2D eigenvalue weighted by Gasteiger charge is -2.22. The number of aromatic nitrogens is 2. The summed E-state index contributed by atoms with van der Waals surface area (Å²) in [5.74, 6) is 0.990. The summed E-state index contributed by atoms with van der Waals surface area (Å²) >= 11 is 0. The summed E-state index contributed by atoms with van der Waals surface area (Å²) in [6.45, 7) is 4.59. The van der Waals surface area contributed by atoms with Crippen molar-refractivity contribution >= 4 is 32.5 Å². The van der Waals surface area contributed by atoms with E-state index in [0.29, 0.717) is 11.6 Å². The van der Waals surface area contributed by atoms with Gasteiger partial charge in [0, 0.05) is 11.6 Å². The van der Waals surface area contributed by atoms with Gasteiger partial charge in [0.25, 0.3) is 0 Å². The number of hydrogen-bond donors (Lipinski definition) is 2. The zero-order valence-electron chi connectivity index (χ0n) is 14.2. The average Bonchev–Trinajstić information content (AvgIpc) is 2.86. The number of carbonyl (C=O) groups is 1. The Hall–Kier alpha value is -1.89. The molecular formula is C17H23N3O3S. The van der Waals surface area contributed by atoms with Gasteiger partial charge >= 0.3 is 0 Å². The van der Waals surface area contributed by atoms with Crippen LogP contribution in [0.5, 0.6) is 0 Å². The number of sulfone groups is 1. The quantitative estimate of drug-likeness (QED) is 0.868. The van der Waals surface area contributed by atoms with Gasteiger partial charge in [0.2, 0.25) is 5.91 Å². The molecule has 1 unspecified atom stereocenters. The van der Waals surface area contributed by atoms with E-state index >= 15 is 0 Å². The highest BCUT2D eigenvalue weighted by Gasteiger charge is 2.30. The molecule has 6 nitrogen and oxygen atoms in total. The molecule has 3 rings (SSSR count). The van der Waals surface area contributed by atoms with Crippen LogP contribution in [0.15, 0.2) is 18.2 Å². The summed E-state index contributed by atoms with van der Waals surface area (Å²) in [6, 6.07) is 5.39. The first-order chi connectivity index (χ1) is 11.3. The van der Waals surface area contributed by atoms with Crippen molar-refractivity contribution in [3.63, 3.8) is 0 Å². The average molecular weight is 349 g/mol. The molecule has 2 aromatic rings. The number of aromatic amines is 1. The molecule has 1 amide bonds. The lowest BCUT2D eigenvalue weighted by Crippen LogP contribution is -2.36. The normalized spacial score (nSPS) is 17.0. The molecule has 1 aliphatic rings. The van der Waals surface area contributed by atoms with E-state index in [9.17, 15) is 13.2 Å². The number of rotatable bonds is 5. The molecule has 1 heterocycles. The molecule has 130 valence electrons. The van der Waals surface area contributed by atoms with E-state index in [1.54, 1.807) is 26.0 Å². The molecule has 24 heavy (non-hydrogen) atoms. The van der Waals surface area contributed by atoms with Gasteiger partial charge in [0.05, 0.1) is 16.3 Å². The molecule has 1 aromatic carbocycles. The first-order valence-corrected chi connectivity index (χ1v) is 9.93. The maximum absolute atomic E-state index is 12.3. The van der Waals surface area contributed by atoms with Gasteiger partial charge in [0.15, 0.2) is 9.84 Å². The first-order valence-electron chi connectivity index (χ1n) is 8.32. The Labute approximate surface area is 142 Å². The van der Waals surface area contributed by atoms with E-state index in [-0.39, 0.29) is 0 Å². The van der Waals surface area contributed by atoms with Crippen LogP contribution in [-0.4, -0.2) is 34.8 Å². The Morgan fingerprint density at radius 1 is 1.29 bits per heavy atom. The van der Waals surface area contributed by atoms with Crippen LogP contribution >= 0.6 is 0 Å². The predicted octanol–water partition coefficient (Wildman–Crippen LogP) is 2.98. The second kappa shape index (κ2) is 6.20. The summed E-state index contributed by atoms with van der Waals surface area (Å²) in [5, 5.41) is 1.03. The summed E-state index contributed by atoms with van der Waals surface area (Å²) < 4.78 is 24.2.